The van der Waals surface area contributed by atoms with Crippen molar-refractivity contribution in [3.8, 4) is 0 Å². The number of piperazine rings is 1. The van der Waals surface area contributed by atoms with Crippen molar-refractivity contribution in [2.24, 2.45) is 0 Å². The zero-order valence-corrected chi connectivity index (χ0v) is 20.3. The number of hydrogen-bond acceptors (Lipinski definition) is 7. The van der Waals surface area contributed by atoms with Crippen LogP contribution in [0.25, 0.3) is 11.1 Å². The van der Waals surface area contributed by atoms with Gasteiger partial charge < -0.3 is 19.9 Å². The summed E-state index contributed by atoms with van der Waals surface area (Å²) in [5.74, 6) is -1.72. The van der Waals surface area contributed by atoms with Crippen LogP contribution in [0.1, 0.15) is 17.0 Å². The van der Waals surface area contributed by atoms with Crippen molar-refractivity contribution in [1.29, 1.82) is 0 Å². The zero-order chi connectivity index (χ0) is 26.1. The van der Waals surface area contributed by atoms with E-state index < -0.39 is 11.9 Å². The molecule has 10 nitrogen and oxygen atoms in total. The number of hydrogen-bond donors (Lipinski definition) is 3. The summed E-state index contributed by atoms with van der Waals surface area (Å²) in [5, 5.41) is 18.7. The molecule has 0 radical (unpaired) electrons. The third-order valence-corrected chi connectivity index (χ3v) is 5.64. The van der Waals surface area contributed by atoms with Crippen molar-refractivity contribution < 1.29 is 29.0 Å². The molecule has 0 bridgehead atoms. The molecule has 36 heavy (non-hydrogen) atoms. The summed E-state index contributed by atoms with van der Waals surface area (Å²) in [6, 6.07) is 13.9. The van der Waals surface area contributed by atoms with Crippen LogP contribution < -0.4 is 5.32 Å². The number of aryl methyl sites for hydroxylation is 2. The number of rotatable bonds is 7. The van der Waals surface area contributed by atoms with Crippen LogP contribution in [0.2, 0.25) is 0 Å². The van der Waals surface area contributed by atoms with E-state index in [-0.39, 0.29) is 5.91 Å². The molecule has 190 valence electrons. The lowest BCUT2D eigenvalue weighted by atomic mass is 10.1. The summed E-state index contributed by atoms with van der Waals surface area (Å²) >= 11 is 0. The van der Waals surface area contributed by atoms with E-state index in [1.165, 1.54) is 0 Å². The lowest BCUT2D eigenvalue weighted by molar-refractivity contribution is -0.134. The maximum absolute atomic E-state index is 12.5. The van der Waals surface area contributed by atoms with Crippen molar-refractivity contribution in [1.82, 2.24) is 14.8 Å². The molecule has 0 unspecified atom stereocenters. The molecule has 2 aromatic carbocycles. The smallest absolute Gasteiger partial charge is 0.328 e. The molecule has 1 aromatic heterocycles. The molecule has 3 N–H and O–H groups in total. The van der Waals surface area contributed by atoms with Crippen molar-refractivity contribution in [2.75, 3.05) is 38.0 Å². The van der Waals surface area contributed by atoms with Gasteiger partial charge in [0.15, 0.2) is 5.58 Å². The first-order chi connectivity index (χ1) is 17.2. The molecule has 10 heteroatoms. The number of aromatic nitrogens is 1. The van der Waals surface area contributed by atoms with Crippen molar-refractivity contribution >= 4 is 34.6 Å². The number of aliphatic carboxylic acids is 2. The Morgan fingerprint density at radius 3 is 2.08 bits per heavy atom. The van der Waals surface area contributed by atoms with Gasteiger partial charge in [0.2, 0.25) is 11.8 Å². The van der Waals surface area contributed by atoms with Crippen molar-refractivity contribution in [3.63, 3.8) is 0 Å². The fourth-order valence-electron chi connectivity index (χ4n) is 3.82. The maximum atomic E-state index is 12.5. The van der Waals surface area contributed by atoms with Gasteiger partial charge in [0, 0.05) is 44.0 Å². The molecule has 4 rings (SSSR count). The number of anilines is 1. The van der Waals surface area contributed by atoms with E-state index in [9.17, 15) is 14.4 Å². The van der Waals surface area contributed by atoms with Crippen molar-refractivity contribution in [3.05, 3.63) is 71.6 Å². The molecular formula is C26H30N4O6. The Bertz CT molecular complexity index is 1170. The van der Waals surface area contributed by atoms with Gasteiger partial charge in [-0.15, -0.1) is 0 Å². The molecule has 2 heterocycles. The second-order valence-electron chi connectivity index (χ2n) is 8.45. The average molecular weight is 495 g/mol. The highest BCUT2D eigenvalue weighted by Gasteiger charge is 2.21. The van der Waals surface area contributed by atoms with Gasteiger partial charge in [0.1, 0.15) is 5.52 Å². The van der Waals surface area contributed by atoms with Gasteiger partial charge in [-0.25, -0.2) is 14.6 Å². The van der Waals surface area contributed by atoms with E-state index in [0.717, 1.165) is 60.0 Å². The number of nitrogens with one attached hydrogen (secondary N) is 1. The number of carbonyl (C=O) groups is 3. The Morgan fingerprint density at radius 1 is 0.917 bits per heavy atom. The van der Waals surface area contributed by atoms with Gasteiger partial charge in [-0.3, -0.25) is 14.6 Å². The molecule has 1 aliphatic heterocycles. The largest absolute Gasteiger partial charge is 0.478 e. The molecule has 0 atom stereocenters. The summed E-state index contributed by atoms with van der Waals surface area (Å²) < 4.78 is 5.82. The lowest BCUT2D eigenvalue weighted by Crippen LogP contribution is -2.48. The van der Waals surface area contributed by atoms with E-state index >= 15 is 0 Å². The number of benzene rings is 2. The Hall–Kier alpha value is -4.02. The van der Waals surface area contributed by atoms with Crippen molar-refractivity contribution in [2.45, 2.75) is 20.4 Å². The van der Waals surface area contributed by atoms with E-state index in [1.807, 2.05) is 56.3 Å². The number of carbonyl (C=O) groups excluding carboxylic acids is 1. The molecule has 3 aromatic rings. The lowest BCUT2D eigenvalue weighted by Gasteiger charge is -2.33. The minimum absolute atomic E-state index is 0.0461. The number of para-hydroxylation sites is 3. The highest BCUT2D eigenvalue weighted by atomic mass is 16.4. The Labute approximate surface area is 208 Å². The summed E-state index contributed by atoms with van der Waals surface area (Å²) in [6.45, 7) is 8.69. The molecular weight excluding hydrogens is 464 g/mol. The van der Waals surface area contributed by atoms with E-state index in [2.05, 4.69) is 20.1 Å². The van der Waals surface area contributed by atoms with Crippen LogP contribution >= 0.6 is 0 Å². The standard InChI is InChI=1S/C22H26N4O2.C4H4O4/c1-16-6-5-7-17(2)22(16)24-20(27)14-25-10-12-26(13-11-25)15-21-23-18-8-3-4-9-19(18)28-21;5-3(6)1-2-4(7)8/h3-9H,10-15H2,1-2H3,(H,24,27);1-2H,(H,5,6)(H,7,8)/b;2-1-. The van der Waals surface area contributed by atoms with Crippen LogP contribution in [-0.4, -0.2) is 75.6 Å². The van der Waals surface area contributed by atoms with Gasteiger partial charge in [-0.1, -0.05) is 30.3 Å². The molecule has 0 saturated carbocycles. The van der Waals surface area contributed by atoms with Gasteiger partial charge >= 0.3 is 11.9 Å². The van der Waals surface area contributed by atoms with Gasteiger partial charge in [0.05, 0.1) is 13.1 Å². The maximum Gasteiger partial charge on any atom is 0.328 e. The fraction of sp³-hybridized carbons (Fsp3) is 0.308. The molecule has 1 aliphatic rings. The minimum atomic E-state index is -1.26. The number of carboxylic acid groups (broad SMARTS) is 2. The number of fused-ring (bicyclic) bond motifs is 1. The third kappa shape index (κ3) is 8.03. The highest BCUT2D eigenvalue weighted by Crippen LogP contribution is 2.20. The highest BCUT2D eigenvalue weighted by molar-refractivity contribution is 5.93. The third-order valence-electron chi connectivity index (χ3n) is 5.64. The second kappa shape index (κ2) is 12.6. The second-order valence-corrected chi connectivity index (χ2v) is 8.45. The number of oxazole rings is 1. The first-order valence-corrected chi connectivity index (χ1v) is 11.5. The number of amides is 1. The monoisotopic (exact) mass is 494 g/mol. The van der Waals surface area contributed by atoms with Crippen LogP contribution in [0.3, 0.4) is 0 Å². The number of carboxylic acids is 2. The molecule has 0 spiro atoms. The first kappa shape index (κ1) is 26.6. The van der Waals surface area contributed by atoms with Gasteiger partial charge in [-0.05, 0) is 37.1 Å². The topological polar surface area (TPSA) is 136 Å². The number of nitrogens with zero attached hydrogens (tertiary/aromatic N) is 3. The normalized spacial score (nSPS) is 14.4. The van der Waals surface area contributed by atoms with E-state index in [0.29, 0.717) is 25.2 Å². The van der Waals surface area contributed by atoms with Crippen LogP contribution in [0, 0.1) is 13.8 Å². The van der Waals surface area contributed by atoms with Gasteiger partial charge in [0.25, 0.3) is 0 Å². The van der Waals surface area contributed by atoms with Crippen LogP contribution in [0.4, 0.5) is 5.69 Å². The Balaban J connectivity index is 0.000000392. The molecule has 0 aliphatic carbocycles. The zero-order valence-electron chi connectivity index (χ0n) is 20.3. The summed E-state index contributed by atoms with van der Waals surface area (Å²) in [4.78, 5) is 40.6. The average Bonchev–Trinajstić information content (AvgIpc) is 3.24. The van der Waals surface area contributed by atoms with E-state index in [4.69, 9.17) is 14.6 Å². The van der Waals surface area contributed by atoms with Crippen LogP contribution in [-0.2, 0) is 20.9 Å². The van der Waals surface area contributed by atoms with Crippen LogP contribution in [0.15, 0.2) is 59.0 Å². The minimum Gasteiger partial charge on any atom is -0.478 e. The summed E-state index contributed by atoms with van der Waals surface area (Å²) in [5.41, 5.74) is 4.86. The van der Waals surface area contributed by atoms with E-state index in [1.54, 1.807) is 0 Å². The first-order valence-electron chi connectivity index (χ1n) is 11.5. The molecule has 1 saturated heterocycles. The SMILES string of the molecule is Cc1cccc(C)c1NC(=O)CN1CCN(Cc2nc3ccccc3o2)CC1.O=C(O)/C=C\C(=O)O. The summed E-state index contributed by atoms with van der Waals surface area (Å²) in [6.07, 6.45) is 1.12. The predicted molar refractivity (Wildman–Crippen MR) is 135 cm³/mol. The quantitative estimate of drug-likeness (QED) is 0.424. The summed E-state index contributed by atoms with van der Waals surface area (Å²) in [7, 11) is 0. The Morgan fingerprint density at radius 2 is 1.50 bits per heavy atom. The molecule has 1 fully saturated rings. The molecule has 1 amide bonds. The Kier molecular flexibility index (Phi) is 9.32. The fourth-order valence-corrected chi connectivity index (χ4v) is 3.82. The predicted octanol–water partition coefficient (Wildman–Crippen LogP) is 2.91. The van der Waals surface area contributed by atoms with Crippen LogP contribution in [0.5, 0.6) is 0 Å². The van der Waals surface area contributed by atoms with Gasteiger partial charge in [-0.2, -0.15) is 0 Å².